The normalized spacial score (nSPS) is 11.1. The summed E-state index contributed by atoms with van der Waals surface area (Å²) in [7, 11) is 0. The van der Waals surface area contributed by atoms with E-state index in [0.29, 0.717) is 42.3 Å². The van der Waals surface area contributed by atoms with Crippen LogP contribution in [-0.4, -0.2) is 24.2 Å². The van der Waals surface area contributed by atoms with Crippen molar-refractivity contribution >= 4 is 70.6 Å². The van der Waals surface area contributed by atoms with Crippen LogP contribution in [0.1, 0.15) is 31.8 Å². The number of hydrogen-bond donors (Lipinski definition) is 2. The van der Waals surface area contributed by atoms with Gasteiger partial charge in [0.15, 0.2) is 0 Å². The van der Waals surface area contributed by atoms with E-state index in [-0.39, 0.29) is 0 Å². The molecule has 0 radical (unpaired) electrons. The van der Waals surface area contributed by atoms with Crippen LogP contribution in [0.25, 0.3) is 0 Å². The topological polar surface area (TPSA) is 82.9 Å². The van der Waals surface area contributed by atoms with Crippen molar-refractivity contribution in [2.45, 2.75) is 0 Å². The Labute approximate surface area is 203 Å². The minimum Gasteiger partial charge on any atom is -0.267 e. The maximum absolute atomic E-state index is 12.2. The fraction of sp³-hybridized carbons (Fsp3) is 0. The van der Waals surface area contributed by atoms with Crippen LogP contribution in [0.15, 0.2) is 70.9 Å². The van der Waals surface area contributed by atoms with Gasteiger partial charge in [-0.05, 0) is 36.4 Å². The second kappa shape index (κ2) is 11.1. The molecule has 32 heavy (non-hydrogen) atoms. The molecule has 0 fully saturated rings. The average molecular weight is 508 g/mol. The molecule has 10 heteroatoms. The average Bonchev–Trinajstić information content (AvgIpc) is 2.79. The Morgan fingerprint density at radius 1 is 0.625 bits per heavy atom. The van der Waals surface area contributed by atoms with Gasteiger partial charge in [-0.25, -0.2) is 10.9 Å². The van der Waals surface area contributed by atoms with Gasteiger partial charge in [0, 0.05) is 22.3 Å². The zero-order chi connectivity index (χ0) is 23.1. The third-order valence-electron chi connectivity index (χ3n) is 4.11. The van der Waals surface area contributed by atoms with Crippen LogP contribution in [0, 0.1) is 0 Å². The Morgan fingerprint density at radius 3 is 1.38 bits per heavy atom. The SMILES string of the molecule is O=C(NN=Cc1cccc(Cl)c1Cl)c1ccc(C(=O)NN=Cc2cccc(Cl)c2Cl)cc1. The lowest BCUT2D eigenvalue weighted by Crippen LogP contribution is -2.19. The molecule has 0 saturated heterocycles. The maximum Gasteiger partial charge on any atom is 0.271 e. The summed E-state index contributed by atoms with van der Waals surface area (Å²) in [5, 5.41) is 9.19. The lowest BCUT2D eigenvalue weighted by atomic mass is 10.1. The molecule has 162 valence electrons. The Hall–Kier alpha value is -2.90. The van der Waals surface area contributed by atoms with E-state index in [0.717, 1.165) is 0 Å². The van der Waals surface area contributed by atoms with E-state index >= 15 is 0 Å². The highest BCUT2D eigenvalue weighted by Gasteiger charge is 2.09. The van der Waals surface area contributed by atoms with Crippen molar-refractivity contribution < 1.29 is 9.59 Å². The van der Waals surface area contributed by atoms with Crippen molar-refractivity contribution in [2.75, 3.05) is 0 Å². The van der Waals surface area contributed by atoms with Crippen molar-refractivity contribution in [3.8, 4) is 0 Å². The minimum atomic E-state index is -0.458. The Kier molecular flexibility index (Phi) is 8.25. The number of carbonyl (C=O) groups is 2. The van der Waals surface area contributed by atoms with E-state index < -0.39 is 11.8 Å². The number of nitrogens with zero attached hydrogens (tertiary/aromatic N) is 2. The molecule has 2 N–H and O–H groups in total. The highest BCUT2D eigenvalue weighted by Crippen LogP contribution is 2.24. The molecule has 0 aliphatic heterocycles. The van der Waals surface area contributed by atoms with Crippen LogP contribution in [0.3, 0.4) is 0 Å². The highest BCUT2D eigenvalue weighted by atomic mass is 35.5. The Morgan fingerprint density at radius 2 is 1.00 bits per heavy atom. The smallest absolute Gasteiger partial charge is 0.267 e. The fourth-order valence-corrected chi connectivity index (χ4v) is 3.18. The summed E-state index contributed by atoms with van der Waals surface area (Å²) in [4.78, 5) is 24.4. The lowest BCUT2D eigenvalue weighted by molar-refractivity contribution is 0.0943. The number of hydrogen-bond acceptors (Lipinski definition) is 4. The van der Waals surface area contributed by atoms with Gasteiger partial charge in [-0.2, -0.15) is 10.2 Å². The van der Waals surface area contributed by atoms with Gasteiger partial charge in [-0.15, -0.1) is 0 Å². The van der Waals surface area contributed by atoms with Crippen LogP contribution in [0.5, 0.6) is 0 Å². The van der Waals surface area contributed by atoms with Gasteiger partial charge in [0.2, 0.25) is 0 Å². The minimum absolute atomic E-state index is 0.310. The molecular formula is C22H14Cl4N4O2. The molecule has 0 aliphatic carbocycles. The van der Waals surface area contributed by atoms with E-state index in [4.69, 9.17) is 46.4 Å². The van der Waals surface area contributed by atoms with E-state index in [9.17, 15) is 9.59 Å². The van der Waals surface area contributed by atoms with Gasteiger partial charge >= 0.3 is 0 Å². The molecule has 3 rings (SSSR count). The van der Waals surface area contributed by atoms with Crippen LogP contribution in [0.2, 0.25) is 20.1 Å². The second-order valence-corrected chi connectivity index (χ2v) is 7.83. The highest BCUT2D eigenvalue weighted by molar-refractivity contribution is 6.44. The molecule has 3 aromatic rings. The molecular weight excluding hydrogens is 494 g/mol. The Bertz CT molecular complexity index is 1120. The number of nitrogens with one attached hydrogen (secondary N) is 2. The summed E-state index contributed by atoms with van der Waals surface area (Å²) < 4.78 is 0. The largest absolute Gasteiger partial charge is 0.271 e. The number of benzene rings is 3. The van der Waals surface area contributed by atoms with Crippen LogP contribution >= 0.6 is 46.4 Å². The standard InChI is InChI=1S/C22H14Cl4N4O2/c23-17-5-1-3-15(19(17)25)11-27-29-21(31)13-7-9-14(10-8-13)22(32)30-28-12-16-4-2-6-18(24)20(16)26/h1-12H,(H,29,31)(H,30,32). The van der Waals surface area contributed by atoms with Gasteiger partial charge in [-0.1, -0.05) is 70.7 Å². The van der Waals surface area contributed by atoms with E-state index in [1.807, 2.05) is 0 Å². The molecule has 0 aliphatic rings. The number of carbonyl (C=O) groups excluding carboxylic acids is 2. The van der Waals surface area contributed by atoms with Gasteiger partial charge < -0.3 is 0 Å². The first-order valence-electron chi connectivity index (χ1n) is 9.01. The molecule has 0 aromatic heterocycles. The van der Waals surface area contributed by atoms with E-state index in [1.54, 1.807) is 36.4 Å². The van der Waals surface area contributed by atoms with Crippen molar-refractivity contribution in [1.82, 2.24) is 10.9 Å². The molecule has 6 nitrogen and oxygen atoms in total. The van der Waals surface area contributed by atoms with Gasteiger partial charge in [0.1, 0.15) is 0 Å². The van der Waals surface area contributed by atoms with E-state index in [2.05, 4.69) is 21.1 Å². The Balaban J connectivity index is 1.57. The van der Waals surface area contributed by atoms with Crippen LogP contribution < -0.4 is 10.9 Å². The molecule has 0 heterocycles. The predicted molar refractivity (Wildman–Crippen MR) is 129 cm³/mol. The molecule has 0 unspecified atom stereocenters. The molecule has 3 aromatic carbocycles. The number of rotatable bonds is 6. The predicted octanol–water partition coefficient (Wildman–Crippen LogP) is 5.83. The maximum atomic E-state index is 12.2. The van der Waals surface area contributed by atoms with Crippen molar-refractivity contribution in [3.63, 3.8) is 0 Å². The van der Waals surface area contributed by atoms with Crippen molar-refractivity contribution in [1.29, 1.82) is 0 Å². The van der Waals surface area contributed by atoms with Gasteiger partial charge in [0.05, 0.1) is 32.5 Å². The number of halogens is 4. The third-order valence-corrected chi connectivity index (χ3v) is 5.78. The molecule has 0 atom stereocenters. The molecule has 0 bridgehead atoms. The second-order valence-electron chi connectivity index (χ2n) is 6.26. The number of amides is 2. The summed E-state index contributed by atoms with van der Waals surface area (Å²) in [5.41, 5.74) is 6.52. The summed E-state index contributed by atoms with van der Waals surface area (Å²) in [5.74, 6) is -0.917. The first-order chi connectivity index (χ1) is 15.4. The zero-order valence-corrected chi connectivity index (χ0v) is 19.2. The third kappa shape index (κ3) is 6.08. The van der Waals surface area contributed by atoms with Crippen LogP contribution in [0.4, 0.5) is 0 Å². The molecule has 0 saturated carbocycles. The number of hydrazone groups is 2. The summed E-state index contributed by atoms with van der Waals surface area (Å²) in [6.07, 6.45) is 2.77. The monoisotopic (exact) mass is 506 g/mol. The van der Waals surface area contributed by atoms with Crippen molar-refractivity contribution in [3.05, 3.63) is 103 Å². The van der Waals surface area contributed by atoms with Gasteiger partial charge in [-0.3, -0.25) is 9.59 Å². The van der Waals surface area contributed by atoms with E-state index in [1.165, 1.54) is 36.7 Å². The van der Waals surface area contributed by atoms with Crippen LogP contribution in [-0.2, 0) is 0 Å². The first kappa shape index (κ1) is 23.8. The van der Waals surface area contributed by atoms with Gasteiger partial charge in [0.25, 0.3) is 11.8 Å². The molecule has 2 amide bonds. The summed E-state index contributed by atoms with van der Waals surface area (Å²) in [6.45, 7) is 0. The first-order valence-corrected chi connectivity index (χ1v) is 10.5. The quantitative estimate of drug-likeness (QED) is 0.325. The lowest BCUT2D eigenvalue weighted by Gasteiger charge is -2.04. The summed E-state index contributed by atoms with van der Waals surface area (Å²) in [6, 6.07) is 16.1. The zero-order valence-electron chi connectivity index (χ0n) is 16.2. The molecule has 0 spiro atoms. The fourth-order valence-electron chi connectivity index (χ4n) is 2.46. The van der Waals surface area contributed by atoms with Crippen molar-refractivity contribution in [2.24, 2.45) is 10.2 Å². The summed E-state index contributed by atoms with van der Waals surface area (Å²) >= 11 is 24.0.